The molecule has 2 aromatic rings. The highest BCUT2D eigenvalue weighted by Gasteiger charge is 2.34. The number of pyridine rings is 1. The summed E-state index contributed by atoms with van der Waals surface area (Å²) in [6, 6.07) is 5.90. The first-order valence-electron chi connectivity index (χ1n) is 8.48. The SMILES string of the molecule is O=C1c2c(ccnc2O[C@H]2CCCC[C@@H]2O)CN1Cc1ccc(Br)s1. The van der Waals surface area contributed by atoms with Crippen molar-refractivity contribution in [1.82, 2.24) is 9.88 Å². The Labute approximate surface area is 158 Å². The molecule has 1 saturated carbocycles. The van der Waals surface area contributed by atoms with Gasteiger partial charge in [-0.2, -0.15) is 0 Å². The first kappa shape index (κ1) is 17.0. The molecule has 0 bridgehead atoms. The van der Waals surface area contributed by atoms with Crippen molar-refractivity contribution in [1.29, 1.82) is 0 Å². The Balaban J connectivity index is 1.54. The lowest BCUT2D eigenvalue weighted by Crippen LogP contribution is -2.35. The fourth-order valence-corrected chi connectivity index (χ4v) is 4.98. The fraction of sp³-hybridized carbons (Fsp3) is 0.444. The van der Waals surface area contributed by atoms with E-state index in [1.165, 1.54) is 0 Å². The average Bonchev–Trinajstić information content (AvgIpc) is 3.14. The van der Waals surface area contributed by atoms with Gasteiger partial charge in [0.25, 0.3) is 5.91 Å². The molecule has 2 aliphatic rings. The van der Waals surface area contributed by atoms with Crippen LogP contribution in [0.5, 0.6) is 5.88 Å². The number of hydrogen-bond donors (Lipinski definition) is 1. The molecule has 0 spiro atoms. The van der Waals surface area contributed by atoms with Gasteiger partial charge < -0.3 is 14.7 Å². The summed E-state index contributed by atoms with van der Waals surface area (Å²) in [4.78, 5) is 20.1. The molecule has 7 heteroatoms. The van der Waals surface area contributed by atoms with Crippen LogP contribution in [0.3, 0.4) is 0 Å². The highest BCUT2D eigenvalue weighted by atomic mass is 79.9. The fourth-order valence-electron chi connectivity index (χ4n) is 3.48. The summed E-state index contributed by atoms with van der Waals surface area (Å²) in [5.41, 5.74) is 1.49. The van der Waals surface area contributed by atoms with Crippen LogP contribution in [0.4, 0.5) is 0 Å². The van der Waals surface area contributed by atoms with Crippen LogP contribution in [0.1, 0.15) is 46.5 Å². The molecule has 2 atom stereocenters. The smallest absolute Gasteiger partial charge is 0.260 e. The molecule has 1 aliphatic heterocycles. The van der Waals surface area contributed by atoms with Crippen LogP contribution in [0.25, 0.3) is 0 Å². The molecule has 0 saturated heterocycles. The van der Waals surface area contributed by atoms with Crippen molar-refractivity contribution in [2.24, 2.45) is 0 Å². The van der Waals surface area contributed by atoms with Crippen LogP contribution >= 0.6 is 27.3 Å². The van der Waals surface area contributed by atoms with E-state index in [1.54, 1.807) is 17.5 Å². The minimum atomic E-state index is -0.484. The maximum absolute atomic E-state index is 12.9. The van der Waals surface area contributed by atoms with Crippen LogP contribution in [0.15, 0.2) is 28.2 Å². The third-order valence-corrected chi connectivity index (χ3v) is 6.38. The molecule has 3 heterocycles. The number of halogens is 1. The number of fused-ring (bicyclic) bond motifs is 1. The molecule has 0 aromatic carbocycles. The summed E-state index contributed by atoms with van der Waals surface area (Å²) >= 11 is 5.09. The number of hydrogen-bond acceptors (Lipinski definition) is 5. The van der Waals surface area contributed by atoms with Crippen molar-refractivity contribution >= 4 is 33.2 Å². The van der Waals surface area contributed by atoms with Crippen molar-refractivity contribution in [3.63, 3.8) is 0 Å². The van der Waals surface area contributed by atoms with E-state index in [0.29, 0.717) is 24.5 Å². The Morgan fingerprint density at radius 3 is 2.92 bits per heavy atom. The van der Waals surface area contributed by atoms with Gasteiger partial charge in [0.05, 0.1) is 16.4 Å². The van der Waals surface area contributed by atoms with Crippen molar-refractivity contribution in [2.75, 3.05) is 0 Å². The van der Waals surface area contributed by atoms with Crippen molar-refractivity contribution < 1.29 is 14.6 Å². The lowest BCUT2D eigenvalue weighted by Gasteiger charge is -2.28. The van der Waals surface area contributed by atoms with Crippen molar-refractivity contribution in [3.8, 4) is 5.88 Å². The van der Waals surface area contributed by atoms with E-state index in [2.05, 4.69) is 20.9 Å². The Morgan fingerprint density at radius 1 is 1.32 bits per heavy atom. The lowest BCUT2D eigenvalue weighted by atomic mass is 9.95. The number of aromatic nitrogens is 1. The number of carbonyl (C=O) groups is 1. The van der Waals surface area contributed by atoms with E-state index < -0.39 is 6.10 Å². The maximum atomic E-state index is 12.9. The molecule has 1 fully saturated rings. The Morgan fingerprint density at radius 2 is 2.16 bits per heavy atom. The van der Waals surface area contributed by atoms with Gasteiger partial charge >= 0.3 is 0 Å². The third kappa shape index (κ3) is 3.45. The van der Waals surface area contributed by atoms with Gasteiger partial charge in [-0.3, -0.25) is 4.79 Å². The van der Waals surface area contributed by atoms with E-state index in [4.69, 9.17) is 4.74 Å². The summed E-state index contributed by atoms with van der Waals surface area (Å²) in [6.07, 6.45) is 4.52. The van der Waals surface area contributed by atoms with Crippen LogP contribution < -0.4 is 4.74 Å². The number of carbonyl (C=O) groups excluding carboxylic acids is 1. The van der Waals surface area contributed by atoms with Gasteiger partial charge in [-0.15, -0.1) is 11.3 Å². The number of nitrogens with zero attached hydrogens (tertiary/aromatic N) is 2. The Bertz CT molecular complexity index is 794. The molecule has 4 rings (SSSR count). The van der Waals surface area contributed by atoms with E-state index in [9.17, 15) is 9.90 Å². The average molecular weight is 423 g/mol. The highest BCUT2D eigenvalue weighted by molar-refractivity contribution is 9.11. The Hall–Kier alpha value is -1.44. The van der Waals surface area contributed by atoms with Gasteiger partial charge in [0, 0.05) is 17.6 Å². The normalized spacial score (nSPS) is 23.0. The highest BCUT2D eigenvalue weighted by Crippen LogP contribution is 2.33. The topological polar surface area (TPSA) is 62.7 Å². The molecule has 1 N–H and O–H groups in total. The van der Waals surface area contributed by atoms with Gasteiger partial charge in [-0.05, 0) is 59.0 Å². The number of thiophene rings is 1. The van der Waals surface area contributed by atoms with Gasteiger partial charge in [-0.1, -0.05) is 6.42 Å². The molecule has 5 nitrogen and oxygen atoms in total. The van der Waals surface area contributed by atoms with Crippen LogP contribution in [-0.2, 0) is 13.1 Å². The van der Waals surface area contributed by atoms with Crippen LogP contribution in [0, 0.1) is 0 Å². The molecule has 0 unspecified atom stereocenters. The number of aliphatic hydroxyl groups excluding tert-OH is 1. The Kier molecular flexibility index (Phi) is 4.80. The summed E-state index contributed by atoms with van der Waals surface area (Å²) in [5.74, 6) is 0.316. The molecule has 2 aromatic heterocycles. The summed E-state index contributed by atoms with van der Waals surface area (Å²) in [7, 11) is 0. The van der Waals surface area contributed by atoms with E-state index in [-0.39, 0.29) is 12.0 Å². The zero-order valence-electron chi connectivity index (χ0n) is 13.7. The summed E-state index contributed by atoms with van der Waals surface area (Å²) < 4.78 is 7.03. The van der Waals surface area contributed by atoms with Gasteiger partial charge in [0.1, 0.15) is 11.7 Å². The zero-order valence-corrected chi connectivity index (χ0v) is 16.1. The number of rotatable bonds is 4. The van der Waals surface area contributed by atoms with Crippen LogP contribution in [-0.4, -0.2) is 33.1 Å². The van der Waals surface area contributed by atoms with E-state index >= 15 is 0 Å². The van der Waals surface area contributed by atoms with Gasteiger partial charge in [-0.25, -0.2) is 4.98 Å². The molecule has 25 heavy (non-hydrogen) atoms. The van der Waals surface area contributed by atoms with Gasteiger partial charge in [0.15, 0.2) is 0 Å². The van der Waals surface area contributed by atoms with Crippen molar-refractivity contribution in [3.05, 3.63) is 44.2 Å². The molecule has 0 radical (unpaired) electrons. The minimum Gasteiger partial charge on any atom is -0.471 e. The van der Waals surface area contributed by atoms with E-state index in [0.717, 1.165) is 39.9 Å². The van der Waals surface area contributed by atoms with Crippen molar-refractivity contribution in [2.45, 2.75) is 51.0 Å². The number of ether oxygens (including phenoxy) is 1. The molecular weight excluding hydrogens is 404 g/mol. The summed E-state index contributed by atoms with van der Waals surface area (Å²) in [6.45, 7) is 1.14. The van der Waals surface area contributed by atoms with Gasteiger partial charge in [0.2, 0.25) is 5.88 Å². The second-order valence-corrected chi connectivity index (χ2v) is 9.07. The number of aliphatic hydroxyl groups is 1. The quantitative estimate of drug-likeness (QED) is 0.814. The predicted molar refractivity (Wildman–Crippen MR) is 98.7 cm³/mol. The first-order valence-corrected chi connectivity index (χ1v) is 10.1. The molecular formula is C18H19BrN2O3S. The second-order valence-electron chi connectivity index (χ2n) is 6.53. The molecule has 1 aliphatic carbocycles. The van der Waals surface area contributed by atoms with Crippen LogP contribution in [0.2, 0.25) is 0 Å². The maximum Gasteiger partial charge on any atom is 0.260 e. The molecule has 132 valence electrons. The monoisotopic (exact) mass is 422 g/mol. The largest absolute Gasteiger partial charge is 0.471 e. The second kappa shape index (κ2) is 7.05. The standard InChI is InChI=1S/C18H19BrN2O3S/c19-15-6-5-12(25-15)10-21-9-11-7-8-20-17(16(11)18(21)23)24-14-4-2-1-3-13(14)22/h5-8,13-14,22H,1-4,9-10H2/t13-,14-/m0/s1. The summed E-state index contributed by atoms with van der Waals surface area (Å²) in [5, 5.41) is 10.1. The first-order chi connectivity index (χ1) is 12.1. The molecule has 1 amide bonds. The number of amides is 1. The lowest BCUT2D eigenvalue weighted by molar-refractivity contribution is 0.00397. The minimum absolute atomic E-state index is 0.0482. The van der Waals surface area contributed by atoms with E-state index in [1.807, 2.05) is 23.1 Å². The predicted octanol–water partition coefficient (Wildman–Crippen LogP) is 3.74. The third-order valence-electron chi connectivity index (χ3n) is 4.77. The zero-order chi connectivity index (χ0) is 17.4.